The molecular formula is C13H17NO3. The fourth-order valence-electron chi connectivity index (χ4n) is 1.34. The predicted octanol–water partition coefficient (Wildman–Crippen LogP) is 2.57. The standard InChI is InChI=1S/C13H17NO3/c1-4-17-12-8-6-5-7-11(12)14-10(2)9-13(15)16-3/h5-9,14H,4H2,1-3H3/b10-9-. The zero-order valence-corrected chi connectivity index (χ0v) is 10.3. The van der Waals surface area contributed by atoms with Crippen LogP contribution >= 0.6 is 0 Å². The molecule has 0 aliphatic carbocycles. The van der Waals surface area contributed by atoms with Gasteiger partial charge in [0.1, 0.15) is 5.75 Å². The van der Waals surface area contributed by atoms with Crippen molar-refractivity contribution >= 4 is 11.7 Å². The highest BCUT2D eigenvalue weighted by atomic mass is 16.5. The third-order valence-electron chi connectivity index (χ3n) is 2.05. The summed E-state index contributed by atoms with van der Waals surface area (Å²) in [5.74, 6) is 0.372. The van der Waals surface area contributed by atoms with Gasteiger partial charge in [0.25, 0.3) is 0 Å². The fourth-order valence-corrected chi connectivity index (χ4v) is 1.34. The van der Waals surface area contributed by atoms with Gasteiger partial charge in [-0.1, -0.05) is 12.1 Å². The molecule has 0 radical (unpaired) electrons. The first kappa shape index (κ1) is 13.1. The molecule has 4 heteroatoms. The molecular weight excluding hydrogens is 218 g/mol. The number of carbonyl (C=O) groups is 1. The van der Waals surface area contributed by atoms with Crippen molar-refractivity contribution in [1.82, 2.24) is 0 Å². The summed E-state index contributed by atoms with van der Waals surface area (Å²) in [5, 5.41) is 3.10. The minimum Gasteiger partial charge on any atom is -0.492 e. The van der Waals surface area contributed by atoms with E-state index in [1.54, 1.807) is 6.92 Å². The van der Waals surface area contributed by atoms with Crippen LogP contribution < -0.4 is 10.1 Å². The number of hydrogen-bond donors (Lipinski definition) is 1. The summed E-state index contributed by atoms with van der Waals surface area (Å²) in [7, 11) is 1.35. The third-order valence-corrected chi connectivity index (χ3v) is 2.05. The quantitative estimate of drug-likeness (QED) is 0.629. The first-order valence-electron chi connectivity index (χ1n) is 5.42. The van der Waals surface area contributed by atoms with Gasteiger partial charge >= 0.3 is 5.97 Å². The average molecular weight is 235 g/mol. The molecule has 4 nitrogen and oxygen atoms in total. The Morgan fingerprint density at radius 1 is 1.41 bits per heavy atom. The average Bonchev–Trinajstić information content (AvgIpc) is 2.31. The highest BCUT2D eigenvalue weighted by Gasteiger charge is 2.03. The van der Waals surface area contributed by atoms with Gasteiger partial charge in [-0.2, -0.15) is 0 Å². The van der Waals surface area contributed by atoms with Crippen molar-refractivity contribution in [2.75, 3.05) is 19.0 Å². The molecule has 92 valence electrons. The van der Waals surface area contributed by atoms with Gasteiger partial charge in [-0.25, -0.2) is 4.79 Å². The molecule has 0 heterocycles. The number of para-hydroxylation sites is 2. The molecule has 1 rings (SSSR count). The number of rotatable bonds is 5. The molecule has 0 aliphatic rings. The Bertz CT molecular complexity index is 413. The monoisotopic (exact) mass is 235 g/mol. The minimum absolute atomic E-state index is 0.385. The van der Waals surface area contributed by atoms with Crippen LogP contribution in [0.1, 0.15) is 13.8 Å². The number of allylic oxidation sites excluding steroid dienone is 1. The van der Waals surface area contributed by atoms with Crippen LogP contribution in [0.15, 0.2) is 36.0 Å². The maximum absolute atomic E-state index is 11.1. The second-order valence-electron chi connectivity index (χ2n) is 3.40. The molecule has 0 aromatic heterocycles. The Kier molecular flexibility index (Phi) is 5.07. The normalized spacial score (nSPS) is 10.9. The molecule has 0 bridgehead atoms. The topological polar surface area (TPSA) is 47.6 Å². The Morgan fingerprint density at radius 2 is 2.12 bits per heavy atom. The van der Waals surface area contributed by atoms with Crippen molar-refractivity contribution in [3.05, 3.63) is 36.0 Å². The summed E-state index contributed by atoms with van der Waals surface area (Å²) >= 11 is 0. The first-order valence-corrected chi connectivity index (χ1v) is 5.42. The Morgan fingerprint density at radius 3 is 2.76 bits per heavy atom. The van der Waals surface area contributed by atoms with Crippen LogP contribution in [0.3, 0.4) is 0 Å². The van der Waals surface area contributed by atoms with Crippen molar-refractivity contribution < 1.29 is 14.3 Å². The minimum atomic E-state index is -0.385. The van der Waals surface area contributed by atoms with Gasteiger partial charge in [0.15, 0.2) is 0 Å². The van der Waals surface area contributed by atoms with E-state index in [2.05, 4.69) is 10.1 Å². The highest BCUT2D eigenvalue weighted by Crippen LogP contribution is 2.24. The number of carbonyl (C=O) groups excluding carboxylic acids is 1. The Hall–Kier alpha value is -1.97. The van der Waals surface area contributed by atoms with E-state index in [1.165, 1.54) is 13.2 Å². The van der Waals surface area contributed by atoms with E-state index in [9.17, 15) is 4.79 Å². The number of hydrogen-bond acceptors (Lipinski definition) is 4. The van der Waals surface area contributed by atoms with Gasteiger partial charge in [0.2, 0.25) is 0 Å². The summed E-state index contributed by atoms with van der Waals surface area (Å²) < 4.78 is 10.0. The van der Waals surface area contributed by atoms with Crippen LogP contribution in [0, 0.1) is 0 Å². The maximum Gasteiger partial charge on any atom is 0.332 e. The fraction of sp³-hybridized carbons (Fsp3) is 0.308. The SMILES string of the molecule is CCOc1ccccc1N/C(C)=C\C(=O)OC. The molecule has 0 unspecified atom stereocenters. The van der Waals surface area contributed by atoms with E-state index in [0.717, 1.165) is 11.4 Å². The summed E-state index contributed by atoms with van der Waals surface area (Å²) in [4.78, 5) is 11.1. The lowest BCUT2D eigenvalue weighted by Crippen LogP contribution is -2.03. The van der Waals surface area contributed by atoms with Gasteiger partial charge in [-0.05, 0) is 26.0 Å². The van der Waals surface area contributed by atoms with E-state index in [-0.39, 0.29) is 5.97 Å². The van der Waals surface area contributed by atoms with Crippen LogP contribution in [0.25, 0.3) is 0 Å². The lowest BCUT2D eigenvalue weighted by atomic mass is 10.2. The molecule has 1 aromatic carbocycles. The predicted molar refractivity (Wildman–Crippen MR) is 67.0 cm³/mol. The molecule has 0 fully saturated rings. The number of esters is 1. The smallest absolute Gasteiger partial charge is 0.332 e. The molecule has 1 N–H and O–H groups in total. The maximum atomic E-state index is 11.1. The summed E-state index contributed by atoms with van der Waals surface area (Å²) in [6, 6.07) is 7.56. The van der Waals surface area contributed by atoms with Crippen molar-refractivity contribution in [2.45, 2.75) is 13.8 Å². The van der Waals surface area contributed by atoms with Crippen LogP contribution in [0.2, 0.25) is 0 Å². The van der Waals surface area contributed by atoms with Crippen LogP contribution in [-0.2, 0) is 9.53 Å². The number of methoxy groups -OCH3 is 1. The van der Waals surface area contributed by atoms with Crippen molar-refractivity contribution in [2.24, 2.45) is 0 Å². The van der Waals surface area contributed by atoms with Crippen LogP contribution in [-0.4, -0.2) is 19.7 Å². The van der Waals surface area contributed by atoms with Crippen molar-refractivity contribution in [3.8, 4) is 5.75 Å². The van der Waals surface area contributed by atoms with Gasteiger partial charge < -0.3 is 14.8 Å². The number of anilines is 1. The zero-order valence-electron chi connectivity index (χ0n) is 10.3. The lowest BCUT2D eigenvalue weighted by Gasteiger charge is -2.12. The van der Waals surface area contributed by atoms with E-state index >= 15 is 0 Å². The summed E-state index contributed by atoms with van der Waals surface area (Å²) in [6.07, 6.45) is 1.39. The number of nitrogens with one attached hydrogen (secondary N) is 1. The molecule has 17 heavy (non-hydrogen) atoms. The third kappa shape index (κ3) is 4.18. The van der Waals surface area contributed by atoms with E-state index in [1.807, 2.05) is 31.2 Å². The van der Waals surface area contributed by atoms with E-state index < -0.39 is 0 Å². The van der Waals surface area contributed by atoms with Gasteiger partial charge in [0, 0.05) is 11.8 Å². The van der Waals surface area contributed by atoms with Crippen molar-refractivity contribution in [3.63, 3.8) is 0 Å². The second kappa shape index (κ2) is 6.58. The van der Waals surface area contributed by atoms with Crippen LogP contribution in [0.5, 0.6) is 5.75 Å². The molecule has 0 aliphatic heterocycles. The molecule has 0 spiro atoms. The summed E-state index contributed by atoms with van der Waals surface area (Å²) in [5.41, 5.74) is 1.52. The van der Waals surface area contributed by atoms with Gasteiger partial charge in [-0.15, -0.1) is 0 Å². The second-order valence-corrected chi connectivity index (χ2v) is 3.40. The first-order chi connectivity index (χ1) is 8.17. The highest BCUT2D eigenvalue weighted by molar-refractivity contribution is 5.83. The Balaban J connectivity index is 2.80. The van der Waals surface area contributed by atoms with E-state index in [0.29, 0.717) is 12.3 Å². The molecule has 0 atom stereocenters. The van der Waals surface area contributed by atoms with Gasteiger partial charge in [-0.3, -0.25) is 0 Å². The molecule has 0 saturated heterocycles. The molecule has 0 amide bonds. The lowest BCUT2D eigenvalue weighted by molar-refractivity contribution is -0.134. The van der Waals surface area contributed by atoms with Gasteiger partial charge in [0.05, 0.1) is 19.4 Å². The van der Waals surface area contributed by atoms with Crippen LogP contribution in [0.4, 0.5) is 5.69 Å². The summed E-state index contributed by atoms with van der Waals surface area (Å²) in [6.45, 7) is 4.31. The number of ether oxygens (including phenoxy) is 2. The Labute approximate surface area is 101 Å². The van der Waals surface area contributed by atoms with E-state index in [4.69, 9.17) is 4.74 Å². The largest absolute Gasteiger partial charge is 0.492 e. The van der Waals surface area contributed by atoms with Crippen molar-refractivity contribution in [1.29, 1.82) is 0 Å². The molecule has 0 saturated carbocycles. The molecule has 1 aromatic rings. The zero-order chi connectivity index (χ0) is 12.7. The number of benzene rings is 1.